The maximum atomic E-state index is 11.5. The van der Waals surface area contributed by atoms with E-state index in [0.717, 1.165) is 19.3 Å². The summed E-state index contributed by atoms with van der Waals surface area (Å²) in [5, 5.41) is 0. The first-order chi connectivity index (χ1) is 6.87. The van der Waals surface area contributed by atoms with Crippen LogP contribution in [-0.4, -0.2) is 29.4 Å². The maximum absolute atomic E-state index is 11.5. The molecule has 4 nitrogen and oxygen atoms in total. The number of amides is 2. The largest absolute Gasteiger partial charge is 0.385 e. The summed E-state index contributed by atoms with van der Waals surface area (Å²) in [6.07, 6.45) is 4.19. The van der Waals surface area contributed by atoms with E-state index >= 15 is 0 Å². The van der Waals surface area contributed by atoms with Gasteiger partial charge < -0.3 is 10.6 Å². The van der Waals surface area contributed by atoms with Gasteiger partial charge in [0.15, 0.2) is 0 Å². The van der Waals surface area contributed by atoms with E-state index in [1.807, 2.05) is 7.05 Å². The Hall–Kier alpha value is -1.06. The summed E-state index contributed by atoms with van der Waals surface area (Å²) in [7, 11) is 1.81. The van der Waals surface area contributed by atoms with E-state index in [0.29, 0.717) is 5.84 Å². The SMILES string of the molecule is CN1C(=O)N=C(N)C12CCCC(C)(C)C2. The highest BCUT2D eigenvalue weighted by atomic mass is 16.2. The van der Waals surface area contributed by atoms with E-state index in [-0.39, 0.29) is 17.0 Å². The molecule has 0 aromatic carbocycles. The molecular weight excluding hydrogens is 190 g/mol. The average Bonchev–Trinajstić information content (AvgIpc) is 2.30. The number of urea groups is 1. The lowest BCUT2D eigenvalue weighted by Crippen LogP contribution is -2.56. The fourth-order valence-corrected chi connectivity index (χ4v) is 2.97. The lowest BCUT2D eigenvalue weighted by molar-refractivity contribution is 0.102. The molecule has 2 aliphatic rings. The fourth-order valence-electron chi connectivity index (χ4n) is 2.97. The molecule has 4 heteroatoms. The first-order valence-corrected chi connectivity index (χ1v) is 5.50. The minimum atomic E-state index is -0.293. The Morgan fingerprint density at radius 2 is 2.07 bits per heavy atom. The van der Waals surface area contributed by atoms with E-state index in [1.165, 1.54) is 6.42 Å². The monoisotopic (exact) mass is 209 g/mol. The van der Waals surface area contributed by atoms with Gasteiger partial charge >= 0.3 is 6.03 Å². The van der Waals surface area contributed by atoms with Crippen LogP contribution >= 0.6 is 0 Å². The van der Waals surface area contributed by atoms with E-state index < -0.39 is 0 Å². The molecule has 84 valence electrons. The minimum absolute atomic E-state index is 0.190. The number of carbonyl (C=O) groups is 1. The molecule has 1 saturated carbocycles. The normalized spacial score (nSPS) is 34.7. The van der Waals surface area contributed by atoms with Crippen molar-refractivity contribution < 1.29 is 4.79 Å². The minimum Gasteiger partial charge on any atom is -0.385 e. The first-order valence-electron chi connectivity index (χ1n) is 5.50. The molecule has 1 fully saturated rings. The van der Waals surface area contributed by atoms with Gasteiger partial charge in [-0.3, -0.25) is 0 Å². The highest BCUT2D eigenvalue weighted by molar-refractivity contribution is 6.05. The second-order valence-corrected chi connectivity index (χ2v) is 5.56. The smallest absolute Gasteiger partial charge is 0.345 e. The van der Waals surface area contributed by atoms with E-state index in [1.54, 1.807) is 4.90 Å². The van der Waals surface area contributed by atoms with Crippen LogP contribution in [0.1, 0.15) is 39.5 Å². The van der Waals surface area contributed by atoms with Gasteiger partial charge in [0.2, 0.25) is 0 Å². The molecule has 2 amide bonds. The standard InChI is InChI=1S/C11H19N3O/c1-10(2)5-4-6-11(7-10)8(12)13-9(15)14(11)3/h4-7H2,1-3H3,(H2,12,13,15). The summed E-state index contributed by atoms with van der Waals surface area (Å²) in [4.78, 5) is 17.1. The molecule has 0 aromatic heterocycles. The number of hydrogen-bond donors (Lipinski definition) is 1. The summed E-state index contributed by atoms with van der Waals surface area (Å²) in [5.41, 5.74) is 5.89. The number of amidine groups is 1. The van der Waals surface area contributed by atoms with Crippen LogP contribution in [0.2, 0.25) is 0 Å². The van der Waals surface area contributed by atoms with Crippen molar-refractivity contribution in [2.75, 3.05) is 7.05 Å². The van der Waals surface area contributed by atoms with E-state index in [2.05, 4.69) is 18.8 Å². The zero-order chi connectivity index (χ0) is 11.3. The number of hydrogen-bond acceptors (Lipinski definition) is 2. The number of rotatable bonds is 0. The van der Waals surface area contributed by atoms with Gasteiger partial charge in [-0.05, 0) is 24.7 Å². The van der Waals surface area contributed by atoms with Gasteiger partial charge in [-0.2, -0.15) is 4.99 Å². The Kier molecular flexibility index (Phi) is 2.07. The third-order valence-corrected chi connectivity index (χ3v) is 3.84. The summed E-state index contributed by atoms with van der Waals surface area (Å²) in [6.45, 7) is 4.47. The Morgan fingerprint density at radius 1 is 1.40 bits per heavy atom. The van der Waals surface area contributed by atoms with E-state index in [4.69, 9.17) is 5.73 Å². The summed E-state index contributed by atoms with van der Waals surface area (Å²) < 4.78 is 0. The molecule has 0 bridgehead atoms. The Labute approximate surface area is 90.5 Å². The molecule has 1 atom stereocenters. The highest BCUT2D eigenvalue weighted by Gasteiger charge is 2.50. The maximum Gasteiger partial charge on any atom is 0.345 e. The number of nitrogens with zero attached hydrogens (tertiary/aromatic N) is 2. The molecule has 1 spiro atoms. The molecule has 1 heterocycles. The number of likely N-dealkylation sites (N-methyl/N-ethyl adjacent to an activating group) is 1. The van der Waals surface area contributed by atoms with Crippen LogP contribution < -0.4 is 5.73 Å². The van der Waals surface area contributed by atoms with Gasteiger partial charge in [0, 0.05) is 7.05 Å². The Bertz CT molecular complexity index is 335. The van der Waals surface area contributed by atoms with Crippen molar-refractivity contribution in [2.24, 2.45) is 16.1 Å². The van der Waals surface area contributed by atoms with Gasteiger partial charge in [0.1, 0.15) is 11.4 Å². The average molecular weight is 209 g/mol. The number of nitrogens with two attached hydrogens (primary N) is 1. The van der Waals surface area contributed by atoms with Gasteiger partial charge in [-0.1, -0.05) is 20.3 Å². The predicted molar refractivity (Wildman–Crippen MR) is 59.8 cm³/mol. The van der Waals surface area contributed by atoms with Crippen molar-refractivity contribution in [3.05, 3.63) is 0 Å². The molecule has 0 radical (unpaired) electrons. The zero-order valence-corrected chi connectivity index (χ0v) is 9.71. The van der Waals surface area contributed by atoms with Crippen LogP contribution in [0.15, 0.2) is 4.99 Å². The van der Waals surface area contributed by atoms with Crippen molar-refractivity contribution in [1.82, 2.24) is 4.90 Å². The zero-order valence-electron chi connectivity index (χ0n) is 9.71. The van der Waals surface area contributed by atoms with Crippen molar-refractivity contribution in [2.45, 2.75) is 45.1 Å². The summed E-state index contributed by atoms with van der Waals surface area (Å²) in [5.74, 6) is 0.516. The summed E-state index contributed by atoms with van der Waals surface area (Å²) in [6, 6.07) is -0.190. The van der Waals surface area contributed by atoms with Gasteiger partial charge in [0.25, 0.3) is 0 Å². The van der Waals surface area contributed by atoms with Crippen LogP contribution in [0, 0.1) is 5.41 Å². The van der Waals surface area contributed by atoms with Crippen molar-refractivity contribution in [1.29, 1.82) is 0 Å². The highest BCUT2D eigenvalue weighted by Crippen LogP contribution is 2.45. The van der Waals surface area contributed by atoms with Crippen LogP contribution in [0.5, 0.6) is 0 Å². The van der Waals surface area contributed by atoms with E-state index in [9.17, 15) is 4.79 Å². The molecule has 0 saturated heterocycles. The van der Waals surface area contributed by atoms with Gasteiger partial charge in [-0.25, -0.2) is 4.79 Å². The molecule has 2 N–H and O–H groups in total. The summed E-state index contributed by atoms with van der Waals surface area (Å²) >= 11 is 0. The fraction of sp³-hybridized carbons (Fsp3) is 0.818. The molecule has 15 heavy (non-hydrogen) atoms. The van der Waals surface area contributed by atoms with Crippen LogP contribution in [0.4, 0.5) is 4.79 Å². The molecule has 1 aliphatic carbocycles. The van der Waals surface area contributed by atoms with Crippen LogP contribution in [0.25, 0.3) is 0 Å². The molecule has 2 rings (SSSR count). The molecule has 1 aliphatic heterocycles. The second-order valence-electron chi connectivity index (χ2n) is 5.56. The van der Waals surface area contributed by atoms with Gasteiger partial charge in [0.05, 0.1) is 0 Å². The molecule has 0 aromatic rings. The second kappa shape index (κ2) is 2.97. The lowest BCUT2D eigenvalue weighted by atomic mass is 9.67. The molecule has 1 unspecified atom stereocenters. The van der Waals surface area contributed by atoms with Crippen LogP contribution in [0.3, 0.4) is 0 Å². The quantitative estimate of drug-likeness (QED) is 0.660. The third-order valence-electron chi connectivity index (χ3n) is 3.84. The Morgan fingerprint density at radius 3 is 2.53 bits per heavy atom. The van der Waals surface area contributed by atoms with Crippen molar-refractivity contribution in [3.63, 3.8) is 0 Å². The van der Waals surface area contributed by atoms with Crippen molar-refractivity contribution >= 4 is 11.9 Å². The van der Waals surface area contributed by atoms with Gasteiger partial charge in [-0.15, -0.1) is 0 Å². The van der Waals surface area contributed by atoms with Crippen LogP contribution in [-0.2, 0) is 0 Å². The van der Waals surface area contributed by atoms with Crippen molar-refractivity contribution in [3.8, 4) is 0 Å². The first kappa shape index (κ1) is 10.5. The lowest BCUT2D eigenvalue weighted by Gasteiger charge is -2.45. The number of carbonyl (C=O) groups excluding carboxylic acids is 1. The molecular formula is C11H19N3O. The number of aliphatic imine (C=N–C) groups is 1. The topological polar surface area (TPSA) is 58.7 Å². The predicted octanol–water partition coefficient (Wildman–Crippen LogP) is 1.75. The Balaban J connectivity index is 2.34. The third kappa shape index (κ3) is 1.43.